The molecule has 2 nitrogen and oxygen atoms in total. The SMILES string of the molecule is CC1(c2cccc3c2oc2ccc(-c4cccc(-n5c6ccccc6c6ccccc65)c4)cc23)c2ccccc2-c2ccccc21. The fraction of sp³-hybridized carbons (Fsp3) is 0.0455. The fourth-order valence-corrected chi connectivity index (χ4v) is 8.14. The average Bonchev–Trinajstić information content (AvgIpc) is 3.75. The molecule has 2 heteroatoms. The van der Waals surface area contributed by atoms with Crippen molar-refractivity contribution in [3.63, 3.8) is 0 Å². The van der Waals surface area contributed by atoms with Gasteiger partial charge in [-0.05, 0) is 76.7 Å². The van der Waals surface area contributed by atoms with Crippen molar-refractivity contribution in [1.29, 1.82) is 0 Å². The van der Waals surface area contributed by atoms with Crippen molar-refractivity contribution in [2.45, 2.75) is 12.3 Å². The molecule has 0 radical (unpaired) electrons. The molecule has 0 unspecified atom stereocenters. The van der Waals surface area contributed by atoms with Crippen molar-refractivity contribution < 1.29 is 4.42 Å². The second-order valence-electron chi connectivity index (χ2n) is 12.6. The zero-order chi connectivity index (χ0) is 30.4. The zero-order valence-electron chi connectivity index (χ0n) is 25.4. The van der Waals surface area contributed by atoms with Gasteiger partial charge in [0.25, 0.3) is 0 Å². The maximum Gasteiger partial charge on any atom is 0.139 e. The van der Waals surface area contributed by atoms with Gasteiger partial charge in [-0.1, -0.05) is 121 Å². The number of rotatable bonds is 3. The summed E-state index contributed by atoms with van der Waals surface area (Å²) in [5, 5.41) is 4.83. The van der Waals surface area contributed by atoms with E-state index in [1.165, 1.54) is 60.8 Å². The smallest absolute Gasteiger partial charge is 0.139 e. The molecule has 10 rings (SSSR count). The van der Waals surface area contributed by atoms with Gasteiger partial charge in [0.1, 0.15) is 11.2 Å². The Balaban J connectivity index is 1.15. The predicted molar refractivity (Wildman–Crippen MR) is 191 cm³/mol. The van der Waals surface area contributed by atoms with E-state index in [4.69, 9.17) is 4.42 Å². The Labute approximate surface area is 266 Å². The number of hydrogen-bond acceptors (Lipinski definition) is 1. The number of aromatic nitrogens is 1. The first-order valence-corrected chi connectivity index (χ1v) is 15.9. The Kier molecular flexibility index (Phi) is 5.16. The molecule has 2 aromatic heterocycles. The van der Waals surface area contributed by atoms with Gasteiger partial charge in [-0.3, -0.25) is 0 Å². The quantitative estimate of drug-likeness (QED) is 0.201. The second kappa shape index (κ2) is 9.32. The van der Waals surface area contributed by atoms with Crippen molar-refractivity contribution in [3.8, 4) is 27.9 Å². The summed E-state index contributed by atoms with van der Waals surface area (Å²) in [4.78, 5) is 0. The highest BCUT2D eigenvalue weighted by molar-refractivity contribution is 6.10. The molecule has 216 valence electrons. The molecule has 0 N–H and O–H groups in total. The lowest BCUT2D eigenvalue weighted by atomic mass is 9.74. The lowest BCUT2D eigenvalue weighted by Crippen LogP contribution is -2.22. The molecule has 1 aliphatic carbocycles. The van der Waals surface area contributed by atoms with E-state index in [0.717, 1.165) is 27.6 Å². The molecule has 0 amide bonds. The minimum Gasteiger partial charge on any atom is -0.456 e. The standard InChI is InChI=1S/C44H29NO/c1-44(37-19-6-2-14-31(37)32-15-3-7-20-38(32)44)39-21-11-18-35-36-27-29(24-25-42(36)46-43(35)39)28-12-10-13-30(26-28)45-40-22-8-4-16-33(40)34-17-5-9-23-41(34)45/h2-27H,1H3. The summed E-state index contributed by atoms with van der Waals surface area (Å²) in [6, 6.07) is 57.1. The van der Waals surface area contributed by atoms with Gasteiger partial charge in [-0.15, -0.1) is 0 Å². The first kappa shape index (κ1) is 25.5. The van der Waals surface area contributed by atoms with Crippen LogP contribution in [0.15, 0.2) is 162 Å². The van der Waals surface area contributed by atoms with Crippen LogP contribution >= 0.6 is 0 Å². The molecule has 0 spiro atoms. The van der Waals surface area contributed by atoms with Gasteiger partial charge in [0, 0.05) is 38.2 Å². The molecule has 46 heavy (non-hydrogen) atoms. The maximum atomic E-state index is 6.76. The first-order valence-electron chi connectivity index (χ1n) is 15.9. The third kappa shape index (κ3) is 3.36. The molecule has 0 saturated heterocycles. The molecule has 0 aliphatic heterocycles. The Morgan fingerprint density at radius 2 is 1.02 bits per heavy atom. The number of fused-ring (bicyclic) bond motifs is 9. The van der Waals surface area contributed by atoms with Gasteiger partial charge >= 0.3 is 0 Å². The lowest BCUT2D eigenvalue weighted by Gasteiger charge is -2.28. The number of nitrogens with zero attached hydrogens (tertiary/aromatic N) is 1. The van der Waals surface area contributed by atoms with E-state index in [0.29, 0.717) is 0 Å². The molecule has 0 saturated carbocycles. The topological polar surface area (TPSA) is 18.1 Å². The van der Waals surface area contributed by atoms with Crippen LogP contribution in [0.5, 0.6) is 0 Å². The Bertz CT molecular complexity index is 2570. The maximum absolute atomic E-state index is 6.76. The number of furan rings is 1. The second-order valence-corrected chi connectivity index (χ2v) is 12.6. The van der Waals surface area contributed by atoms with E-state index in [2.05, 4.69) is 169 Å². The fourth-order valence-electron chi connectivity index (χ4n) is 8.14. The van der Waals surface area contributed by atoms with Crippen molar-refractivity contribution in [1.82, 2.24) is 4.57 Å². The predicted octanol–water partition coefficient (Wildman–Crippen LogP) is 11.7. The van der Waals surface area contributed by atoms with E-state index in [1.807, 2.05) is 0 Å². The van der Waals surface area contributed by atoms with Crippen molar-refractivity contribution in [3.05, 3.63) is 174 Å². The molecule has 1 aliphatic rings. The molecule has 7 aromatic carbocycles. The van der Waals surface area contributed by atoms with Crippen LogP contribution in [0, 0.1) is 0 Å². The summed E-state index contributed by atoms with van der Waals surface area (Å²) in [5.74, 6) is 0. The van der Waals surface area contributed by atoms with E-state index in [-0.39, 0.29) is 5.41 Å². The van der Waals surface area contributed by atoms with E-state index < -0.39 is 0 Å². The minimum absolute atomic E-state index is 0.319. The molecule has 0 bridgehead atoms. The van der Waals surface area contributed by atoms with Gasteiger partial charge < -0.3 is 8.98 Å². The first-order chi connectivity index (χ1) is 22.7. The van der Waals surface area contributed by atoms with Gasteiger partial charge in [0.15, 0.2) is 0 Å². The van der Waals surface area contributed by atoms with Crippen LogP contribution in [0.25, 0.3) is 71.7 Å². The Morgan fingerprint density at radius 3 is 1.74 bits per heavy atom. The third-order valence-corrected chi connectivity index (χ3v) is 10.3. The van der Waals surface area contributed by atoms with Gasteiger partial charge in [-0.2, -0.15) is 0 Å². The van der Waals surface area contributed by atoms with Crippen LogP contribution in [-0.4, -0.2) is 4.57 Å². The number of benzene rings is 7. The number of hydrogen-bond donors (Lipinski definition) is 0. The van der Waals surface area contributed by atoms with Crippen molar-refractivity contribution in [2.75, 3.05) is 0 Å². The van der Waals surface area contributed by atoms with E-state index in [9.17, 15) is 0 Å². The van der Waals surface area contributed by atoms with Gasteiger partial charge in [-0.25, -0.2) is 0 Å². The highest BCUT2D eigenvalue weighted by atomic mass is 16.3. The summed E-state index contributed by atoms with van der Waals surface area (Å²) < 4.78 is 9.14. The molecule has 9 aromatic rings. The van der Waals surface area contributed by atoms with Crippen molar-refractivity contribution in [2.24, 2.45) is 0 Å². The largest absolute Gasteiger partial charge is 0.456 e. The summed E-state index contributed by atoms with van der Waals surface area (Å²) in [5.41, 5.74) is 14.0. The van der Waals surface area contributed by atoms with Gasteiger partial charge in [0.2, 0.25) is 0 Å². The molecule has 0 fully saturated rings. The Hall–Kier alpha value is -5.86. The van der Waals surface area contributed by atoms with Crippen LogP contribution in [0.1, 0.15) is 23.6 Å². The van der Waals surface area contributed by atoms with Crippen LogP contribution in [-0.2, 0) is 5.41 Å². The summed E-state index contributed by atoms with van der Waals surface area (Å²) >= 11 is 0. The van der Waals surface area contributed by atoms with Crippen LogP contribution in [0.3, 0.4) is 0 Å². The molecule has 0 atom stereocenters. The lowest BCUT2D eigenvalue weighted by molar-refractivity contribution is 0.638. The normalized spacial score (nSPS) is 13.5. The monoisotopic (exact) mass is 587 g/mol. The minimum atomic E-state index is -0.319. The van der Waals surface area contributed by atoms with E-state index >= 15 is 0 Å². The Morgan fingerprint density at radius 1 is 0.457 bits per heavy atom. The summed E-state index contributed by atoms with van der Waals surface area (Å²) in [6.07, 6.45) is 0. The third-order valence-electron chi connectivity index (χ3n) is 10.3. The van der Waals surface area contributed by atoms with Crippen LogP contribution in [0.4, 0.5) is 0 Å². The summed E-state index contributed by atoms with van der Waals surface area (Å²) in [7, 11) is 0. The van der Waals surface area contributed by atoms with Gasteiger partial charge in [0.05, 0.1) is 11.0 Å². The average molecular weight is 588 g/mol. The van der Waals surface area contributed by atoms with Crippen LogP contribution < -0.4 is 0 Å². The van der Waals surface area contributed by atoms with E-state index in [1.54, 1.807) is 0 Å². The molecular weight excluding hydrogens is 558 g/mol. The number of para-hydroxylation sites is 3. The molecule has 2 heterocycles. The zero-order valence-corrected chi connectivity index (χ0v) is 25.4. The summed E-state index contributed by atoms with van der Waals surface area (Å²) in [6.45, 7) is 2.35. The highest BCUT2D eigenvalue weighted by Gasteiger charge is 2.42. The van der Waals surface area contributed by atoms with Crippen molar-refractivity contribution >= 4 is 43.7 Å². The highest BCUT2D eigenvalue weighted by Crippen LogP contribution is 2.54. The molecular formula is C44H29NO. The van der Waals surface area contributed by atoms with Crippen LogP contribution in [0.2, 0.25) is 0 Å².